The van der Waals surface area contributed by atoms with Crippen LogP contribution in [0.5, 0.6) is 5.88 Å². The van der Waals surface area contributed by atoms with Crippen molar-refractivity contribution in [2.75, 3.05) is 0 Å². The summed E-state index contributed by atoms with van der Waals surface area (Å²) in [6, 6.07) is 11.6. The number of aromatic hydroxyl groups is 1. The van der Waals surface area contributed by atoms with Crippen LogP contribution in [-0.4, -0.2) is 24.0 Å². The van der Waals surface area contributed by atoms with Crippen molar-refractivity contribution < 1.29 is 18.3 Å². The van der Waals surface area contributed by atoms with Gasteiger partial charge >= 0.3 is 0 Å². The van der Waals surface area contributed by atoms with Gasteiger partial charge in [-0.15, -0.1) is 0 Å². The van der Waals surface area contributed by atoms with Gasteiger partial charge in [0, 0.05) is 11.3 Å². The second-order valence-corrected chi connectivity index (χ2v) is 11.2. The zero-order chi connectivity index (χ0) is 24.0. The molecule has 1 aliphatic heterocycles. The number of aromatic nitrogens is 1. The van der Waals surface area contributed by atoms with Crippen LogP contribution in [0.25, 0.3) is 5.57 Å². The first kappa shape index (κ1) is 22.7. The van der Waals surface area contributed by atoms with E-state index in [0.29, 0.717) is 31.5 Å². The molecule has 2 aromatic carbocycles. The fourth-order valence-electron chi connectivity index (χ4n) is 4.56. The molecule has 0 bridgehead atoms. The predicted octanol–water partition coefficient (Wildman–Crippen LogP) is 2.31. The molecule has 1 saturated carbocycles. The van der Waals surface area contributed by atoms with Gasteiger partial charge in [-0.25, -0.2) is 23.5 Å². The van der Waals surface area contributed by atoms with Crippen LogP contribution in [0, 0.1) is 6.92 Å². The molecule has 0 spiro atoms. The number of sulfonamides is 1. The maximum Gasteiger partial charge on any atom is 0.279 e. The number of rotatable bonds is 4. The van der Waals surface area contributed by atoms with Crippen LogP contribution in [0.1, 0.15) is 48.6 Å². The van der Waals surface area contributed by atoms with E-state index in [9.17, 15) is 18.3 Å². The van der Waals surface area contributed by atoms with Crippen molar-refractivity contribution in [3.8, 4) is 5.88 Å². The maximum absolute atomic E-state index is 12.9. The number of nitrogens with two attached hydrogens (primary N) is 1. The zero-order valence-electron chi connectivity index (χ0n) is 18.6. The van der Waals surface area contributed by atoms with Crippen molar-refractivity contribution in [1.29, 1.82) is 0 Å². The number of primary sulfonamides is 1. The first-order valence-corrected chi connectivity index (χ1v) is 13.4. The third kappa shape index (κ3) is 4.13. The molecule has 10 heteroatoms. The van der Waals surface area contributed by atoms with E-state index in [2.05, 4.69) is 4.99 Å². The lowest BCUT2D eigenvalue weighted by atomic mass is 9.95. The van der Waals surface area contributed by atoms with Crippen LogP contribution in [0.3, 0.4) is 0 Å². The van der Waals surface area contributed by atoms with Crippen molar-refractivity contribution in [2.45, 2.75) is 50.0 Å². The van der Waals surface area contributed by atoms with Crippen LogP contribution >= 0.6 is 11.3 Å². The Hall–Kier alpha value is -3.08. The standard InChI is InChI=1S/C24H24N4O4S2/c1-14-7-12-19-18(13-14)20(22(29)27-19)21-23(30)28(16-5-3-2-4-6-16)24(33-21)26-15-8-10-17(11-9-15)34(25,31)32/h7-13,16,30H,2-6H2,1H3,(H2,25,31,32). The second-order valence-electron chi connectivity index (χ2n) is 8.66. The van der Waals surface area contributed by atoms with Crippen molar-refractivity contribution >= 4 is 38.5 Å². The number of amides is 1. The number of nitrogens with zero attached hydrogens (tertiary/aromatic N) is 3. The highest BCUT2D eigenvalue weighted by atomic mass is 32.2. The van der Waals surface area contributed by atoms with E-state index in [1.165, 1.54) is 23.5 Å². The Morgan fingerprint density at radius 2 is 1.82 bits per heavy atom. The summed E-state index contributed by atoms with van der Waals surface area (Å²) in [5.74, 6) is -0.360. The van der Waals surface area contributed by atoms with Crippen molar-refractivity contribution in [2.24, 2.45) is 15.1 Å². The normalized spacial score (nSPS) is 17.2. The zero-order valence-corrected chi connectivity index (χ0v) is 20.2. The molecular formula is C24H24N4O4S2. The number of thiazole rings is 1. The Balaban J connectivity index is 1.72. The summed E-state index contributed by atoms with van der Waals surface area (Å²) in [7, 11) is -3.81. The lowest BCUT2D eigenvalue weighted by Gasteiger charge is -2.23. The van der Waals surface area contributed by atoms with E-state index in [0.717, 1.165) is 37.7 Å². The van der Waals surface area contributed by atoms with Crippen LogP contribution in [0.2, 0.25) is 0 Å². The number of fused-ring (bicyclic) bond motifs is 1. The SMILES string of the molecule is Cc1ccc2c(c1)=C(c1sc(=Nc3ccc(S(N)(=O)=O)cc3)n(C3CCCCC3)c1O)C(=O)N=2. The van der Waals surface area contributed by atoms with Gasteiger partial charge in [0.05, 0.1) is 21.5 Å². The number of aryl methyl sites for hydroxylation is 1. The van der Waals surface area contributed by atoms with Crippen LogP contribution in [-0.2, 0) is 14.8 Å². The number of carbonyl (C=O) groups is 1. The molecule has 1 fully saturated rings. The number of benzene rings is 2. The summed E-state index contributed by atoms with van der Waals surface area (Å²) in [5, 5.41) is 17.9. The van der Waals surface area contributed by atoms with Crippen molar-refractivity contribution in [3.63, 3.8) is 0 Å². The summed E-state index contributed by atoms with van der Waals surface area (Å²) in [6.45, 7) is 1.95. The van der Waals surface area contributed by atoms with Gasteiger partial charge in [-0.3, -0.25) is 9.36 Å². The Labute approximate surface area is 200 Å². The quantitative estimate of drug-likeness (QED) is 0.575. The molecule has 2 aliphatic rings. The minimum absolute atomic E-state index is 0.00187. The van der Waals surface area contributed by atoms with Gasteiger partial charge in [0.15, 0.2) is 4.80 Å². The highest BCUT2D eigenvalue weighted by Gasteiger charge is 2.28. The Morgan fingerprint density at radius 3 is 2.50 bits per heavy atom. The van der Waals surface area contributed by atoms with Crippen LogP contribution in [0.4, 0.5) is 5.69 Å². The van der Waals surface area contributed by atoms with E-state index in [4.69, 9.17) is 10.1 Å². The molecule has 8 nitrogen and oxygen atoms in total. The monoisotopic (exact) mass is 496 g/mol. The first-order chi connectivity index (χ1) is 16.2. The molecule has 0 unspecified atom stereocenters. The molecule has 176 valence electrons. The summed E-state index contributed by atoms with van der Waals surface area (Å²) in [5.41, 5.74) is 1.91. The Bertz CT molecular complexity index is 1590. The minimum atomic E-state index is -3.81. The second kappa shape index (κ2) is 8.61. The summed E-state index contributed by atoms with van der Waals surface area (Å²) >= 11 is 1.24. The molecule has 34 heavy (non-hydrogen) atoms. The number of carbonyl (C=O) groups excluding carboxylic acids is 1. The molecular weight excluding hydrogens is 472 g/mol. The third-order valence-electron chi connectivity index (χ3n) is 6.24. The Morgan fingerprint density at radius 1 is 1.12 bits per heavy atom. The van der Waals surface area contributed by atoms with E-state index in [1.54, 1.807) is 12.1 Å². The number of hydrogen-bond donors (Lipinski definition) is 2. The molecule has 2 heterocycles. The van der Waals surface area contributed by atoms with E-state index >= 15 is 0 Å². The first-order valence-electron chi connectivity index (χ1n) is 11.1. The molecule has 3 aromatic rings. The summed E-state index contributed by atoms with van der Waals surface area (Å²) in [6.07, 6.45) is 5.07. The number of hydrogen-bond acceptors (Lipinski definition) is 6. The van der Waals surface area contributed by atoms with E-state index in [-0.39, 0.29) is 22.7 Å². The van der Waals surface area contributed by atoms with Crippen LogP contribution in [0.15, 0.2) is 57.3 Å². The van der Waals surface area contributed by atoms with Gasteiger partial charge in [0.2, 0.25) is 15.9 Å². The Kier molecular flexibility index (Phi) is 5.75. The lowest BCUT2D eigenvalue weighted by molar-refractivity contribution is -0.112. The van der Waals surface area contributed by atoms with Gasteiger partial charge < -0.3 is 5.11 Å². The molecule has 3 N–H and O–H groups in total. The highest BCUT2D eigenvalue weighted by molar-refractivity contribution is 7.89. The van der Waals surface area contributed by atoms with Crippen molar-refractivity contribution in [3.05, 3.63) is 68.3 Å². The smallest absolute Gasteiger partial charge is 0.279 e. The molecule has 5 rings (SSSR count). The highest BCUT2D eigenvalue weighted by Crippen LogP contribution is 2.36. The summed E-state index contributed by atoms with van der Waals surface area (Å²) < 4.78 is 25.0. The molecule has 1 aromatic heterocycles. The molecule has 1 aliphatic carbocycles. The predicted molar refractivity (Wildman–Crippen MR) is 129 cm³/mol. The third-order valence-corrected chi connectivity index (χ3v) is 8.24. The van der Waals surface area contributed by atoms with E-state index < -0.39 is 10.0 Å². The van der Waals surface area contributed by atoms with Crippen LogP contribution < -0.4 is 20.5 Å². The van der Waals surface area contributed by atoms with Gasteiger partial charge in [0.25, 0.3) is 5.91 Å². The fraction of sp³-hybridized carbons (Fsp3) is 0.292. The van der Waals surface area contributed by atoms with Gasteiger partial charge in [0.1, 0.15) is 4.88 Å². The van der Waals surface area contributed by atoms with Gasteiger partial charge in [-0.2, -0.15) is 0 Å². The molecule has 1 amide bonds. The molecule has 0 radical (unpaired) electrons. The summed E-state index contributed by atoms with van der Waals surface area (Å²) in [4.78, 5) is 22.8. The maximum atomic E-state index is 12.9. The van der Waals surface area contributed by atoms with E-state index in [1.807, 2.05) is 29.7 Å². The average Bonchev–Trinajstić information content (AvgIpc) is 3.28. The average molecular weight is 497 g/mol. The van der Waals surface area contributed by atoms with Gasteiger partial charge in [-0.1, -0.05) is 42.2 Å². The molecule has 0 saturated heterocycles. The van der Waals surface area contributed by atoms with Gasteiger partial charge in [-0.05, 0) is 56.2 Å². The topological polar surface area (TPSA) is 127 Å². The minimum Gasteiger partial charge on any atom is -0.493 e. The molecule has 0 atom stereocenters. The fourth-order valence-corrected chi connectivity index (χ4v) is 6.23. The van der Waals surface area contributed by atoms with Crippen molar-refractivity contribution in [1.82, 2.24) is 4.57 Å². The largest absolute Gasteiger partial charge is 0.493 e. The lowest BCUT2D eigenvalue weighted by Crippen LogP contribution is -2.23.